The molecule has 2 aromatic carbocycles. The number of ether oxygens (including phenoxy) is 1. The lowest BCUT2D eigenvalue weighted by Crippen LogP contribution is -2.05. The van der Waals surface area contributed by atoms with Gasteiger partial charge in [-0.3, -0.25) is 4.79 Å². The summed E-state index contributed by atoms with van der Waals surface area (Å²) in [7, 11) is 0. The SMILES string of the molecule is CC(=O)c1cc(Oc2c(Cl)cc(C(F)(F)F)cc2Cl)ccc1F. The average molecular weight is 367 g/mol. The highest BCUT2D eigenvalue weighted by molar-refractivity contribution is 6.37. The van der Waals surface area contributed by atoms with Gasteiger partial charge in [-0.25, -0.2) is 4.39 Å². The molecular weight excluding hydrogens is 359 g/mol. The predicted molar refractivity (Wildman–Crippen MR) is 77.9 cm³/mol. The Morgan fingerprint density at radius 1 is 1.09 bits per heavy atom. The summed E-state index contributed by atoms with van der Waals surface area (Å²) in [6.45, 7) is 1.17. The Labute approximate surface area is 138 Å². The summed E-state index contributed by atoms with van der Waals surface area (Å²) in [6, 6.07) is 4.64. The third-order valence-corrected chi connectivity index (χ3v) is 3.42. The summed E-state index contributed by atoms with van der Waals surface area (Å²) in [5.74, 6) is -1.48. The molecule has 0 amide bonds. The van der Waals surface area contributed by atoms with Crippen LogP contribution in [-0.4, -0.2) is 5.78 Å². The first-order valence-electron chi connectivity index (χ1n) is 6.14. The van der Waals surface area contributed by atoms with Gasteiger partial charge in [0.05, 0.1) is 21.2 Å². The molecule has 0 aromatic heterocycles. The molecule has 122 valence electrons. The van der Waals surface area contributed by atoms with E-state index in [-0.39, 0.29) is 27.1 Å². The second-order valence-electron chi connectivity index (χ2n) is 4.57. The Morgan fingerprint density at radius 2 is 1.65 bits per heavy atom. The van der Waals surface area contributed by atoms with E-state index in [1.807, 2.05) is 0 Å². The van der Waals surface area contributed by atoms with Gasteiger partial charge in [0.15, 0.2) is 11.5 Å². The zero-order valence-corrected chi connectivity index (χ0v) is 13.0. The second kappa shape index (κ2) is 6.37. The van der Waals surface area contributed by atoms with E-state index in [2.05, 4.69) is 0 Å². The molecule has 2 rings (SSSR count). The third-order valence-electron chi connectivity index (χ3n) is 2.86. The monoisotopic (exact) mass is 366 g/mol. The van der Waals surface area contributed by atoms with Crippen LogP contribution < -0.4 is 4.74 Å². The van der Waals surface area contributed by atoms with Crippen molar-refractivity contribution in [1.82, 2.24) is 0 Å². The highest BCUT2D eigenvalue weighted by Crippen LogP contribution is 2.41. The first-order valence-corrected chi connectivity index (χ1v) is 6.89. The first-order chi connectivity index (χ1) is 10.6. The molecule has 23 heavy (non-hydrogen) atoms. The van der Waals surface area contributed by atoms with Crippen molar-refractivity contribution >= 4 is 29.0 Å². The fourth-order valence-corrected chi connectivity index (χ4v) is 2.34. The molecule has 0 spiro atoms. The van der Waals surface area contributed by atoms with Crippen molar-refractivity contribution in [3.8, 4) is 11.5 Å². The maximum absolute atomic E-state index is 13.4. The van der Waals surface area contributed by atoms with Crippen LogP contribution in [0.3, 0.4) is 0 Å². The Bertz CT molecular complexity index is 750. The Morgan fingerprint density at radius 3 is 2.13 bits per heavy atom. The first kappa shape index (κ1) is 17.6. The van der Waals surface area contributed by atoms with Gasteiger partial charge in [0.25, 0.3) is 0 Å². The second-order valence-corrected chi connectivity index (χ2v) is 5.38. The maximum Gasteiger partial charge on any atom is 0.416 e. The van der Waals surface area contributed by atoms with Crippen molar-refractivity contribution in [2.75, 3.05) is 0 Å². The summed E-state index contributed by atoms with van der Waals surface area (Å²) in [5.41, 5.74) is -1.25. The molecular formula is C15H8Cl2F4O2. The van der Waals surface area contributed by atoms with Crippen LogP contribution in [0.25, 0.3) is 0 Å². The number of carbonyl (C=O) groups excluding carboxylic acids is 1. The minimum atomic E-state index is -4.61. The van der Waals surface area contributed by atoms with E-state index in [4.69, 9.17) is 27.9 Å². The quantitative estimate of drug-likeness (QED) is 0.481. The Balaban J connectivity index is 2.42. The third kappa shape index (κ3) is 3.95. The van der Waals surface area contributed by atoms with Crippen molar-refractivity contribution in [3.05, 3.63) is 57.3 Å². The van der Waals surface area contributed by atoms with Gasteiger partial charge in [-0.2, -0.15) is 13.2 Å². The van der Waals surface area contributed by atoms with Crippen molar-refractivity contribution in [2.45, 2.75) is 13.1 Å². The van der Waals surface area contributed by atoms with Crippen molar-refractivity contribution in [1.29, 1.82) is 0 Å². The highest BCUT2D eigenvalue weighted by atomic mass is 35.5. The smallest absolute Gasteiger partial charge is 0.416 e. The number of rotatable bonds is 3. The molecule has 2 nitrogen and oxygen atoms in total. The molecule has 0 atom stereocenters. The summed E-state index contributed by atoms with van der Waals surface area (Å²) in [4.78, 5) is 11.3. The highest BCUT2D eigenvalue weighted by Gasteiger charge is 2.32. The number of benzene rings is 2. The van der Waals surface area contributed by atoms with Crippen LogP contribution in [0.15, 0.2) is 30.3 Å². The number of Topliss-reactive ketones (excluding diaryl/α,β-unsaturated/α-hetero) is 1. The molecule has 0 radical (unpaired) electrons. The van der Waals surface area contributed by atoms with E-state index in [1.54, 1.807) is 0 Å². The molecule has 0 saturated carbocycles. The number of alkyl halides is 3. The molecule has 8 heteroatoms. The molecule has 0 saturated heterocycles. The lowest BCUT2D eigenvalue weighted by molar-refractivity contribution is -0.137. The van der Waals surface area contributed by atoms with Gasteiger partial charge < -0.3 is 4.74 Å². The van der Waals surface area contributed by atoms with Gasteiger partial charge >= 0.3 is 6.18 Å². The zero-order valence-electron chi connectivity index (χ0n) is 11.5. The van der Waals surface area contributed by atoms with Crippen LogP contribution in [-0.2, 0) is 6.18 Å². The molecule has 0 aliphatic heterocycles. The lowest BCUT2D eigenvalue weighted by Gasteiger charge is -2.13. The Hall–Kier alpha value is -1.79. The normalized spacial score (nSPS) is 11.4. The number of carbonyl (C=O) groups is 1. The molecule has 0 fully saturated rings. The van der Waals surface area contributed by atoms with Gasteiger partial charge in [0.2, 0.25) is 0 Å². The summed E-state index contributed by atoms with van der Waals surface area (Å²) < 4.78 is 56.7. The Kier molecular flexibility index (Phi) is 4.87. The van der Waals surface area contributed by atoms with Crippen LogP contribution in [0.2, 0.25) is 10.0 Å². The van der Waals surface area contributed by atoms with E-state index < -0.39 is 23.3 Å². The topological polar surface area (TPSA) is 26.3 Å². The molecule has 0 unspecified atom stereocenters. The van der Waals surface area contributed by atoms with Crippen LogP contribution in [0.1, 0.15) is 22.8 Å². The fourth-order valence-electron chi connectivity index (χ4n) is 1.78. The molecule has 0 heterocycles. The summed E-state index contributed by atoms with van der Waals surface area (Å²) in [5, 5.41) is -0.725. The lowest BCUT2D eigenvalue weighted by atomic mass is 10.1. The van der Waals surface area contributed by atoms with Gasteiger partial charge in [-0.05, 0) is 37.3 Å². The average Bonchev–Trinajstić information content (AvgIpc) is 2.43. The van der Waals surface area contributed by atoms with E-state index in [0.717, 1.165) is 12.1 Å². The minimum Gasteiger partial charge on any atom is -0.454 e. The van der Waals surface area contributed by atoms with Crippen molar-refractivity contribution < 1.29 is 27.1 Å². The molecule has 0 N–H and O–H groups in total. The van der Waals surface area contributed by atoms with E-state index in [9.17, 15) is 22.4 Å². The maximum atomic E-state index is 13.4. The fraction of sp³-hybridized carbons (Fsp3) is 0.133. The zero-order chi connectivity index (χ0) is 17.4. The van der Waals surface area contributed by atoms with Crippen LogP contribution in [0.4, 0.5) is 17.6 Å². The largest absolute Gasteiger partial charge is 0.454 e. The summed E-state index contributed by atoms with van der Waals surface area (Å²) >= 11 is 11.5. The number of ketones is 1. The van der Waals surface area contributed by atoms with Crippen LogP contribution in [0, 0.1) is 5.82 Å². The van der Waals surface area contributed by atoms with E-state index in [0.29, 0.717) is 12.1 Å². The van der Waals surface area contributed by atoms with Gasteiger partial charge in [0.1, 0.15) is 11.6 Å². The molecule has 0 bridgehead atoms. The van der Waals surface area contributed by atoms with E-state index >= 15 is 0 Å². The van der Waals surface area contributed by atoms with E-state index in [1.165, 1.54) is 13.0 Å². The number of halogens is 6. The standard InChI is InChI=1S/C15H8Cl2F4O2/c1-7(22)10-6-9(2-3-13(10)18)23-14-11(16)4-8(5-12(14)17)15(19,20)21/h2-6H,1H3. The predicted octanol–water partition coefficient (Wildman–Crippen LogP) is 6.15. The number of hydrogen-bond acceptors (Lipinski definition) is 2. The minimum absolute atomic E-state index is 0.0140. The summed E-state index contributed by atoms with van der Waals surface area (Å²) in [6.07, 6.45) is -4.61. The van der Waals surface area contributed by atoms with Crippen molar-refractivity contribution in [2.24, 2.45) is 0 Å². The van der Waals surface area contributed by atoms with Crippen LogP contribution in [0.5, 0.6) is 11.5 Å². The number of hydrogen-bond donors (Lipinski definition) is 0. The molecule has 0 aliphatic carbocycles. The van der Waals surface area contributed by atoms with Gasteiger partial charge in [0, 0.05) is 0 Å². The van der Waals surface area contributed by atoms with Gasteiger partial charge in [-0.1, -0.05) is 23.2 Å². The van der Waals surface area contributed by atoms with Gasteiger partial charge in [-0.15, -0.1) is 0 Å². The van der Waals surface area contributed by atoms with Crippen LogP contribution >= 0.6 is 23.2 Å². The van der Waals surface area contributed by atoms with Crippen molar-refractivity contribution in [3.63, 3.8) is 0 Å². The molecule has 0 aliphatic rings. The molecule has 2 aromatic rings.